The Morgan fingerprint density at radius 3 is 2.45 bits per heavy atom. The first-order valence-corrected chi connectivity index (χ1v) is 7.37. The van der Waals surface area contributed by atoms with Crippen LogP contribution in [0.2, 0.25) is 0 Å². The fourth-order valence-corrected chi connectivity index (χ4v) is 3.07. The lowest BCUT2D eigenvalue weighted by Gasteiger charge is -2.35. The molecule has 2 N–H and O–H groups in total. The van der Waals surface area contributed by atoms with Crippen molar-refractivity contribution in [1.82, 2.24) is 4.90 Å². The maximum Gasteiger partial charge on any atom is 0.123 e. The van der Waals surface area contributed by atoms with E-state index in [0.29, 0.717) is 5.92 Å². The van der Waals surface area contributed by atoms with Crippen LogP contribution in [-0.4, -0.2) is 37.7 Å². The van der Waals surface area contributed by atoms with Crippen molar-refractivity contribution in [3.8, 4) is 0 Å². The summed E-state index contributed by atoms with van der Waals surface area (Å²) in [5.74, 6) is 0.458. The molecule has 2 atom stereocenters. The van der Waals surface area contributed by atoms with Gasteiger partial charge in [0.05, 0.1) is 0 Å². The first-order valence-electron chi connectivity index (χ1n) is 7.37. The highest BCUT2D eigenvalue weighted by molar-refractivity contribution is 5.21. The van der Waals surface area contributed by atoms with Gasteiger partial charge in [-0.05, 0) is 50.4 Å². The zero-order chi connectivity index (χ0) is 14.5. The summed E-state index contributed by atoms with van der Waals surface area (Å²) in [7, 11) is 2.10. The van der Waals surface area contributed by atoms with Crippen LogP contribution in [-0.2, 0) is 4.74 Å². The predicted molar refractivity (Wildman–Crippen MR) is 79.0 cm³/mol. The fraction of sp³-hybridized carbons (Fsp3) is 0.625. The smallest absolute Gasteiger partial charge is 0.123 e. The molecule has 20 heavy (non-hydrogen) atoms. The summed E-state index contributed by atoms with van der Waals surface area (Å²) >= 11 is 0. The molecule has 0 bridgehead atoms. The second-order valence-corrected chi connectivity index (χ2v) is 5.85. The number of hydrogen-bond acceptors (Lipinski definition) is 3. The van der Waals surface area contributed by atoms with Crippen molar-refractivity contribution in [2.75, 3.05) is 26.8 Å². The minimum absolute atomic E-state index is 0.00491. The zero-order valence-corrected chi connectivity index (χ0v) is 12.4. The maximum atomic E-state index is 13.1. The number of nitrogens with zero attached hydrogens (tertiary/aromatic N) is 1. The summed E-state index contributed by atoms with van der Waals surface area (Å²) in [6.45, 7) is 4.73. The van der Waals surface area contributed by atoms with Gasteiger partial charge in [0.15, 0.2) is 0 Å². The fourth-order valence-electron chi connectivity index (χ4n) is 3.07. The van der Waals surface area contributed by atoms with Crippen molar-refractivity contribution >= 4 is 0 Å². The number of hydrogen-bond donors (Lipinski definition) is 1. The molecule has 1 saturated heterocycles. The molecule has 0 amide bonds. The van der Waals surface area contributed by atoms with Crippen molar-refractivity contribution in [3.05, 3.63) is 35.6 Å². The van der Waals surface area contributed by atoms with Crippen LogP contribution in [0.25, 0.3) is 0 Å². The third kappa shape index (κ3) is 4.01. The third-order valence-electron chi connectivity index (χ3n) is 4.07. The number of rotatable bonds is 5. The van der Waals surface area contributed by atoms with E-state index in [1.807, 2.05) is 19.1 Å². The molecular formula is C16H25FN2O. The Kier molecular flexibility index (Phi) is 5.52. The molecule has 0 aromatic heterocycles. The Morgan fingerprint density at radius 2 is 1.90 bits per heavy atom. The van der Waals surface area contributed by atoms with Gasteiger partial charge in [0, 0.05) is 31.8 Å². The molecule has 2 rings (SSSR count). The molecule has 3 nitrogen and oxygen atoms in total. The Bertz CT molecular complexity index is 401. The molecule has 1 aliphatic heterocycles. The second kappa shape index (κ2) is 7.16. The van der Waals surface area contributed by atoms with Crippen LogP contribution in [0.4, 0.5) is 4.39 Å². The lowest BCUT2D eigenvalue weighted by atomic mass is 9.95. The van der Waals surface area contributed by atoms with Crippen molar-refractivity contribution < 1.29 is 9.13 Å². The van der Waals surface area contributed by atoms with Crippen LogP contribution >= 0.6 is 0 Å². The van der Waals surface area contributed by atoms with E-state index in [1.54, 1.807) is 0 Å². The number of ether oxygens (including phenoxy) is 1. The quantitative estimate of drug-likeness (QED) is 0.901. The minimum atomic E-state index is -0.204. The summed E-state index contributed by atoms with van der Waals surface area (Å²) in [6, 6.07) is 6.82. The van der Waals surface area contributed by atoms with E-state index in [-0.39, 0.29) is 17.9 Å². The minimum Gasteiger partial charge on any atom is -0.381 e. The molecule has 1 aromatic carbocycles. The molecule has 4 heteroatoms. The van der Waals surface area contributed by atoms with Crippen LogP contribution in [0, 0.1) is 11.7 Å². The standard InChI is InChI=1S/C16H25FN2O/c1-12(18)16(14-3-5-15(17)6-4-14)19(2)11-13-7-9-20-10-8-13/h3-6,12-13,16H,7-11,18H2,1-2H3. The van der Waals surface area contributed by atoms with Gasteiger partial charge in [-0.2, -0.15) is 0 Å². The summed E-state index contributed by atoms with van der Waals surface area (Å²) in [6.07, 6.45) is 2.22. The molecule has 0 saturated carbocycles. The zero-order valence-electron chi connectivity index (χ0n) is 12.4. The van der Waals surface area contributed by atoms with Crippen molar-refractivity contribution in [1.29, 1.82) is 0 Å². The van der Waals surface area contributed by atoms with E-state index >= 15 is 0 Å². The van der Waals surface area contributed by atoms with Crippen molar-refractivity contribution in [2.45, 2.75) is 31.8 Å². The average molecular weight is 280 g/mol. The largest absolute Gasteiger partial charge is 0.381 e. The van der Waals surface area contributed by atoms with Gasteiger partial charge in [-0.3, -0.25) is 4.90 Å². The van der Waals surface area contributed by atoms with Gasteiger partial charge in [-0.1, -0.05) is 12.1 Å². The molecule has 1 aliphatic rings. The highest BCUT2D eigenvalue weighted by atomic mass is 19.1. The number of benzene rings is 1. The summed E-state index contributed by atoms with van der Waals surface area (Å²) in [4.78, 5) is 2.30. The van der Waals surface area contributed by atoms with Crippen molar-refractivity contribution in [3.63, 3.8) is 0 Å². The van der Waals surface area contributed by atoms with Gasteiger partial charge in [0.1, 0.15) is 5.82 Å². The van der Waals surface area contributed by atoms with Crippen LogP contribution in [0.3, 0.4) is 0 Å². The van der Waals surface area contributed by atoms with E-state index < -0.39 is 0 Å². The Hall–Kier alpha value is -0.970. The summed E-state index contributed by atoms with van der Waals surface area (Å²) in [5, 5.41) is 0. The number of nitrogens with two attached hydrogens (primary N) is 1. The molecule has 1 aromatic rings. The van der Waals surface area contributed by atoms with E-state index in [4.69, 9.17) is 10.5 Å². The van der Waals surface area contributed by atoms with Gasteiger partial charge in [-0.15, -0.1) is 0 Å². The van der Waals surface area contributed by atoms with Crippen LogP contribution in [0.5, 0.6) is 0 Å². The van der Waals surface area contributed by atoms with Crippen molar-refractivity contribution in [2.24, 2.45) is 11.7 Å². The second-order valence-electron chi connectivity index (χ2n) is 5.85. The van der Waals surface area contributed by atoms with E-state index in [1.165, 1.54) is 12.1 Å². The predicted octanol–water partition coefficient (Wildman–Crippen LogP) is 2.57. The van der Waals surface area contributed by atoms with Gasteiger partial charge < -0.3 is 10.5 Å². The lowest BCUT2D eigenvalue weighted by molar-refractivity contribution is 0.0487. The molecule has 0 aliphatic carbocycles. The Labute approximate surface area is 120 Å². The summed E-state index contributed by atoms with van der Waals surface area (Å²) < 4.78 is 18.5. The topological polar surface area (TPSA) is 38.5 Å². The number of halogens is 1. The SMILES string of the molecule is CC(N)C(c1ccc(F)cc1)N(C)CC1CCOCC1. The van der Waals surface area contributed by atoms with Gasteiger partial charge >= 0.3 is 0 Å². The highest BCUT2D eigenvalue weighted by Gasteiger charge is 2.24. The molecule has 1 heterocycles. The molecular weight excluding hydrogens is 255 g/mol. The van der Waals surface area contributed by atoms with Crippen LogP contribution in [0.15, 0.2) is 24.3 Å². The molecule has 2 unspecified atom stereocenters. The molecule has 0 spiro atoms. The molecule has 0 radical (unpaired) electrons. The van der Waals surface area contributed by atoms with Gasteiger partial charge in [0.2, 0.25) is 0 Å². The lowest BCUT2D eigenvalue weighted by Crippen LogP contribution is -2.40. The monoisotopic (exact) mass is 280 g/mol. The first-order chi connectivity index (χ1) is 9.58. The number of likely N-dealkylation sites (N-methyl/N-ethyl adjacent to an activating group) is 1. The molecule has 112 valence electrons. The van der Waals surface area contributed by atoms with E-state index in [0.717, 1.165) is 38.2 Å². The highest BCUT2D eigenvalue weighted by Crippen LogP contribution is 2.25. The van der Waals surface area contributed by atoms with Crippen LogP contribution < -0.4 is 5.73 Å². The maximum absolute atomic E-state index is 13.1. The summed E-state index contributed by atoms with van der Waals surface area (Å²) in [5.41, 5.74) is 7.23. The Morgan fingerprint density at radius 1 is 1.30 bits per heavy atom. The van der Waals surface area contributed by atoms with Crippen LogP contribution in [0.1, 0.15) is 31.4 Å². The average Bonchev–Trinajstić information content (AvgIpc) is 2.42. The first kappa shape index (κ1) is 15.4. The molecule has 1 fully saturated rings. The van der Waals surface area contributed by atoms with E-state index in [9.17, 15) is 4.39 Å². The normalized spacial score (nSPS) is 20.1. The van der Waals surface area contributed by atoms with Gasteiger partial charge in [-0.25, -0.2) is 4.39 Å². The van der Waals surface area contributed by atoms with Gasteiger partial charge in [0.25, 0.3) is 0 Å². The van der Waals surface area contributed by atoms with E-state index in [2.05, 4.69) is 11.9 Å². The Balaban J connectivity index is 2.05. The third-order valence-corrected chi connectivity index (χ3v) is 4.07.